The minimum absolute atomic E-state index is 0.265. The Balaban J connectivity index is 1.44. The maximum atomic E-state index is 12.0. The van der Waals surface area contributed by atoms with E-state index in [2.05, 4.69) is 37.8 Å². The zero-order valence-corrected chi connectivity index (χ0v) is 18.1. The summed E-state index contributed by atoms with van der Waals surface area (Å²) in [7, 11) is 0. The van der Waals surface area contributed by atoms with Crippen LogP contribution in [0.4, 0.5) is 5.82 Å². The van der Waals surface area contributed by atoms with E-state index >= 15 is 0 Å². The molecule has 32 heavy (non-hydrogen) atoms. The Labute approximate surface area is 186 Å². The number of imidazole rings is 1. The lowest BCUT2D eigenvalue weighted by Gasteiger charge is -2.12. The number of nitrogen functional groups attached to an aromatic ring is 1. The number of carbonyl (C=O) groups is 1. The highest BCUT2D eigenvalue weighted by atomic mass is 16.5. The van der Waals surface area contributed by atoms with Gasteiger partial charge >= 0.3 is 0 Å². The molecule has 0 radical (unpaired) electrons. The van der Waals surface area contributed by atoms with Crippen LogP contribution in [0, 0.1) is 0 Å². The Morgan fingerprint density at radius 2 is 2.06 bits per heavy atom. The molecule has 0 bridgehead atoms. The molecule has 0 aliphatic rings. The molecule has 3 aromatic heterocycles. The number of fused-ring (bicyclic) bond motifs is 3. The van der Waals surface area contributed by atoms with Crippen molar-refractivity contribution in [2.75, 3.05) is 25.5 Å². The summed E-state index contributed by atoms with van der Waals surface area (Å²) in [6.07, 6.45) is 7.45. The summed E-state index contributed by atoms with van der Waals surface area (Å²) in [5, 5.41) is 3.81. The van der Waals surface area contributed by atoms with Gasteiger partial charge in [-0.25, -0.2) is 15.0 Å². The van der Waals surface area contributed by atoms with Gasteiger partial charge in [0.2, 0.25) is 0 Å². The topological polar surface area (TPSA) is 121 Å². The molecule has 9 nitrogen and oxygen atoms in total. The average Bonchev–Trinajstić information content (AvgIpc) is 3.19. The van der Waals surface area contributed by atoms with Crippen molar-refractivity contribution in [2.45, 2.75) is 32.7 Å². The molecule has 4 aromatic rings. The standard InChI is InChI=1S/C23H27N7O2/c1-2-3-8-19-29-20-21(16-6-4-5-7-17(16)28-22(20)24)30(19)12-14-32-13-11-27-23(31)18-15-25-9-10-26-18/h4-7,9-10,15H,2-3,8,11-14H2,1H3,(H2,24,28)(H,27,31). The van der Waals surface area contributed by atoms with Gasteiger partial charge in [0.1, 0.15) is 17.0 Å². The van der Waals surface area contributed by atoms with Gasteiger partial charge in [-0.05, 0) is 12.5 Å². The van der Waals surface area contributed by atoms with E-state index in [1.54, 1.807) is 0 Å². The number of unbranched alkanes of at least 4 members (excludes halogenated alkanes) is 1. The van der Waals surface area contributed by atoms with Crippen molar-refractivity contribution >= 4 is 33.7 Å². The number of nitrogens with one attached hydrogen (secondary N) is 1. The minimum Gasteiger partial charge on any atom is -0.382 e. The first-order chi connectivity index (χ1) is 15.7. The van der Waals surface area contributed by atoms with E-state index in [0.29, 0.717) is 32.1 Å². The van der Waals surface area contributed by atoms with Crippen LogP contribution in [0.2, 0.25) is 0 Å². The molecule has 0 aliphatic carbocycles. The fourth-order valence-corrected chi connectivity index (χ4v) is 3.67. The van der Waals surface area contributed by atoms with Crippen LogP contribution in [-0.2, 0) is 17.7 Å². The summed E-state index contributed by atoms with van der Waals surface area (Å²) < 4.78 is 8.00. The Kier molecular flexibility index (Phi) is 6.86. The van der Waals surface area contributed by atoms with Gasteiger partial charge in [0.15, 0.2) is 5.82 Å². The molecule has 0 fully saturated rings. The fraction of sp³-hybridized carbons (Fsp3) is 0.348. The number of benzene rings is 1. The van der Waals surface area contributed by atoms with Gasteiger partial charge in [-0.15, -0.1) is 0 Å². The van der Waals surface area contributed by atoms with Gasteiger partial charge in [-0.2, -0.15) is 0 Å². The van der Waals surface area contributed by atoms with Gasteiger partial charge in [0, 0.05) is 37.3 Å². The average molecular weight is 434 g/mol. The molecule has 0 aliphatic heterocycles. The number of para-hydroxylation sites is 1. The highest BCUT2D eigenvalue weighted by Crippen LogP contribution is 2.29. The van der Waals surface area contributed by atoms with Crippen LogP contribution in [0.5, 0.6) is 0 Å². The third-order valence-corrected chi connectivity index (χ3v) is 5.23. The number of rotatable bonds is 10. The Bertz CT molecular complexity index is 1210. The maximum absolute atomic E-state index is 12.0. The maximum Gasteiger partial charge on any atom is 0.271 e. The molecule has 0 unspecified atom stereocenters. The van der Waals surface area contributed by atoms with Crippen molar-refractivity contribution < 1.29 is 9.53 Å². The molecule has 0 saturated carbocycles. The quantitative estimate of drug-likeness (QED) is 0.369. The lowest BCUT2D eigenvalue weighted by molar-refractivity contribution is 0.0903. The van der Waals surface area contributed by atoms with Crippen molar-refractivity contribution in [3.63, 3.8) is 0 Å². The highest BCUT2D eigenvalue weighted by Gasteiger charge is 2.17. The molecule has 166 valence electrons. The molecule has 1 amide bonds. The van der Waals surface area contributed by atoms with Gasteiger partial charge in [0.05, 0.1) is 30.4 Å². The number of hydrogen-bond donors (Lipinski definition) is 2. The van der Waals surface area contributed by atoms with Crippen LogP contribution < -0.4 is 11.1 Å². The predicted molar refractivity (Wildman–Crippen MR) is 123 cm³/mol. The van der Waals surface area contributed by atoms with Gasteiger partial charge in [-0.1, -0.05) is 31.5 Å². The van der Waals surface area contributed by atoms with Crippen molar-refractivity contribution in [3.8, 4) is 0 Å². The summed E-state index contributed by atoms with van der Waals surface area (Å²) in [5.41, 5.74) is 9.12. The summed E-state index contributed by atoms with van der Waals surface area (Å²) in [5.74, 6) is 1.17. The van der Waals surface area contributed by atoms with E-state index in [9.17, 15) is 4.79 Å². The molecule has 4 rings (SSSR count). The zero-order valence-electron chi connectivity index (χ0n) is 18.1. The Morgan fingerprint density at radius 3 is 2.88 bits per heavy atom. The van der Waals surface area contributed by atoms with E-state index in [0.717, 1.165) is 47.0 Å². The van der Waals surface area contributed by atoms with Crippen molar-refractivity contribution in [1.29, 1.82) is 0 Å². The number of aryl methyl sites for hydroxylation is 1. The summed E-state index contributed by atoms with van der Waals surface area (Å²) in [4.78, 5) is 29.2. The van der Waals surface area contributed by atoms with Gasteiger partial charge < -0.3 is 20.4 Å². The number of aromatic nitrogens is 5. The van der Waals surface area contributed by atoms with E-state index in [1.807, 2.05) is 18.2 Å². The van der Waals surface area contributed by atoms with E-state index in [-0.39, 0.29) is 11.6 Å². The molecule has 3 N–H and O–H groups in total. The smallest absolute Gasteiger partial charge is 0.271 e. The predicted octanol–water partition coefficient (Wildman–Crippen LogP) is 2.75. The Hall–Kier alpha value is -3.59. The van der Waals surface area contributed by atoms with Crippen molar-refractivity contribution in [3.05, 3.63) is 54.4 Å². The Morgan fingerprint density at radius 1 is 1.19 bits per heavy atom. The molecular formula is C23H27N7O2. The fourth-order valence-electron chi connectivity index (χ4n) is 3.67. The van der Waals surface area contributed by atoms with E-state index in [1.165, 1.54) is 18.6 Å². The minimum atomic E-state index is -0.265. The molecule has 0 spiro atoms. The van der Waals surface area contributed by atoms with Crippen LogP contribution in [0.25, 0.3) is 21.9 Å². The zero-order chi connectivity index (χ0) is 22.3. The third-order valence-electron chi connectivity index (χ3n) is 5.23. The number of nitrogens with zero attached hydrogens (tertiary/aromatic N) is 5. The van der Waals surface area contributed by atoms with Crippen molar-refractivity contribution in [1.82, 2.24) is 29.8 Å². The van der Waals surface area contributed by atoms with Crippen LogP contribution in [-0.4, -0.2) is 50.2 Å². The first kappa shape index (κ1) is 21.6. The van der Waals surface area contributed by atoms with Crippen LogP contribution in [0.15, 0.2) is 42.9 Å². The summed E-state index contributed by atoms with van der Waals surface area (Å²) >= 11 is 0. The molecule has 3 heterocycles. The van der Waals surface area contributed by atoms with Crippen LogP contribution in [0.1, 0.15) is 36.1 Å². The SMILES string of the molecule is CCCCc1nc2c(N)nc3ccccc3c2n1CCOCCNC(=O)c1cnccn1. The second-order valence-corrected chi connectivity index (χ2v) is 7.45. The normalized spacial score (nSPS) is 11.3. The number of ether oxygens (including phenoxy) is 1. The second kappa shape index (κ2) is 10.1. The van der Waals surface area contributed by atoms with Crippen molar-refractivity contribution in [2.24, 2.45) is 0 Å². The number of pyridine rings is 1. The lowest BCUT2D eigenvalue weighted by Crippen LogP contribution is -2.28. The number of anilines is 1. The molecule has 1 aromatic carbocycles. The highest BCUT2D eigenvalue weighted by molar-refractivity contribution is 6.06. The van der Waals surface area contributed by atoms with Crippen LogP contribution in [0.3, 0.4) is 0 Å². The van der Waals surface area contributed by atoms with E-state index < -0.39 is 0 Å². The van der Waals surface area contributed by atoms with Gasteiger partial charge in [-0.3, -0.25) is 9.78 Å². The largest absolute Gasteiger partial charge is 0.382 e. The first-order valence-corrected chi connectivity index (χ1v) is 10.8. The van der Waals surface area contributed by atoms with Crippen LogP contribution >= 0.6 is 0 Å². The lowest BCUT2D eigenvalue weighted by atomic mass is 10.2. The second-order valence-electron chi connectivity index (χ2n) is 7.45. The summed E-state index contributed by atoms with van der Waals surface area (Å²) in [6, 6.07) is 7.97. The third kappa shape index (κ3) is 4.67. The molecule has 0 atom stereocenters. The number of carbonyl (C=O) groups excluding carboxylic acids is 1. The first-order valence-electron chi connectivity index (χ1n) is 10.8. The number of nitrogens with two attached hydrogens (primary N) is 1. The number of amides is 1. The molecule has 9 heteroatoms. The summed E-state index contributed by atoms with van der Waals surface area (Å²) in [6.45, 7) is 4.08. The van der Waals surface area contributed by atoms with E-state index in [4.69, 9.17) is 15.5 Å². The number of hydrogen-bond acceptors (Lipinski definition) is 7. The molecule has 0 saturated heterocycles. The van der Waals surface area contributed by atoms with Gasteiger partial charge in [0.25, 0.3) is 5.91 Å². The molecular weight excluding hydrogens is 406 g/mol. The monoisotopic (exact) mass is 433 g/mol.